The SMILES string of the molecule is Cc1oc(CNC(=O)c2cnn(C3CCOCC3)c2C)cc1C(=O)O. The summed E-state index contributed by atoms with van der Waals surface area (Å²) < 4.78 is 12.6. The predicted molar refractivity (Wildman–Crippen MR) is 87.6 cm³/mol. The van der Waals surface area contributed by atoms with Gasteiger partial charge >= 0.3 is 5.97 Å². The molecule has 0 spiro atoms. The zero-order chi connectivity index (χ0) is 18.0. The standard InChI is InChI=1S/C17H21N3O5/c1-10-15(9-19-20(10)12-3-5-24-6-4-12)16(21)18-8-13-7-14(17(22)23)11(2)25-13/h7,9,12H,3-6,8H2,1-2H3,(H,18,21)(H,22,23). The number of nitrogens with zero attached hydrogens (tertiary/aromatic N) is 2. The Balaban J connectivity index is 1.66. The van der Waals surface area contributed by atoms with E-state index in [1.807, 2.05) is 11.6 Å². The van der Waals surface area contributed by atoms with Crippen LogP contribution in [0.25, 0.3) is 0 Å². The van der Waals surface area contributed by atoms with Crippen molar-refractivity contribution in [2.24, 2.45) is 0 Å². The van der Waals surface area contributed by atoms with Gasteiger partial charge in [-0.15, -0.1) is 0 Å². The number of furan rings is 1. The number of aromatic carboxylic acids is 1. The lowest BCUT2D eigenvalue weighted by Crippen LogP contribution is -2.24. The van der Waals surface area contributed by atoms with E-state index in [-0.39, 0.29) is 24.1 Å². The maximum atomic E-state index is 12.4. The molecule has 0 aromatic carbocycles. The summed E-state index contributed by atoms with van der Waals surface area (Å²) in [4.78, 5) is 23.4. The maximum absolute atomic E-state index is 12.4. The van der Waals surface area contributed by atoms with Gasteiger partial charge in [0.05, 0.1) is 24.3 Å². The molecule has 0 aliphatic carbocycles. The molecule has 8 nitrogen and oxygen atoms in total. The Morgan fingerprint density at radius 1 is 1.32 bits per heavy atom. The number of carboxylic acid groups (broad SMARTS) is 1. The van der Waals surface area contributed by atoms with E-state index in [2.05, 4.69) is 10.4 Å². The van der Waals surface area contributed by atoms with Crippen LogP contribution in [0, 0.1) is 13.8 Å². The molecule has 2 N–H and O–H groups in total. The molecule has 2 aromatic heterocycles. The number of ether oxygens (including phenoxy) is 1. The van der Waals surface area contributed by atoms with Crippen molar-refractivity contribution in [2.75, 3.05) is 13.2 Å². The Morgan fingerprint density at radius 3 is 2.68 bits per heavy atom. The molecule has 1 fully saturated rings. The molecule has 1 amide bonds. The molecule has 1 aliphatic heterocycles. The first-order chi connectivity index (χ1) is 12.0. The summed E-state index contributed by atoms with van der Waals surface area (Å²) in [6, 6.07) is 1.68. The lowest BCUT2D eigenvalue weighted by atomic mass is 10.1. The van der Waals surface area contributed by atoms with Gasteiger partial charge in [0.25, 0.3) is 5.91 Å². The average Bonchev–Trinajstić information content (AvgIpc) is 3.16. The summed E-state index contributed by atoms with van der Waals surface area (Å²) in [6.45, 7) is 4.98. The van der Waals surface area contributed by atoms with Gasteiger partial charge in [-0.2, -0.15) is 5.10 Å². The molecule has 1 aliphatic rings. The topological polar surface area (TPSA) is 107 Å². The zero-order valence-electron chi connectivity index (χ0n) is 14.2. The van der Waals surface area contributed by atoms with Crippen molar-refractivity contribution < 1.29 is 23.8 Å². The molecule has 0 unspecified atom stereocenters. The highest BCUT2D eigenvalue weighted by Crippen LogP contribution is 2.23. The number of nitrogens with one attached hydrogen (secondary N) is 1. The fourth-order valence-electron chi connectivity index (χ4n) is 3.05. The molecule has 8 heteroatoms. The second kappa shape index (κ2) is 7.10. The van der Waals surface area contributed by atoms with Crippen LogP contribution in [-0.4, -0.2) is 40.0 Å². The minimum Gasteiger partial charge on any atom is -0.478 e. The Hall–Kier alpha value is -2.61. The molecule has 3 rings (SSSR count). The van der Waals surface area contributed by atoms with E-state index >= 15 is 0 Å². The first kappa shape index (κ1) is 17.2. The van der Waals surface area contributed by atoms with Gasteiger partial charge in [-0.25, -0.2) is 4.79 Å². The van der Waals surface area contributed by atoms with E-state index < -0.39 is 5.97 Å². The minimum atomic E-state index is -1.05. The minimum absolute atomic E-state index is 0.104. The summed E-state index contributed by atoms with van der Waals surface area (Å²) in [5.74, 6) is -0.591. The van der Waals surface area contributed by atoms with Crippen LogP contribution in [0.15, 0.2) is 16.7 Å². The molecule has 3 heterocycles. The smallest absolute Gasteiger partial charge is 0.339 e. The summed E-state index contributed by atoms with van der Waals surface area (Å²) in [5, 5.41) is 16.1. The van der Waals surface area contributed by atoms with Crippen LogP contribution in [0.1, 0.15) is 56.8 Å². The number of carbonyl (C=O) groups excluding carboxylic acids is 1. The van der Waals surface area contributed by atoms with Gasteiger partial charge < -0.3 is 19.6 Å². The van der Waals surface area contributed by atoms with Gasteiger partial charge in [0.15, 0.2) is 0 Å². The zero-order valence-corrected chi connectivity index (χ0v) is 14.2. The van der Waals surface area contributed by atoms with Gasteiger partial charge in [-0.3, -0.25) is 9.48 Å². The third-order valence-electron chi connectivity index (χ3n) is 4.45. The third-order valence-corrected chi connectivity index (χ3v) is 4.45. The Bertz CT molecular complexity index is 786. The fraction of sp³-hybridized carbons (Fsp3) is 0.471. The van der Waals surface area contributed by atoms with Gasteiger partial charge in [0, 0.05) is 18.9 Å². The molecule has 0 saturated carbocycles. The average molecular weight is 347 g/mol. The lowest BCUT2D eigenvalue weighted by molar-refractivity contribution is 0.0656. The molecule has 2 aromatic rings. The molecule has 25 heavy (non-hydrogen) atoms. The molecule has 0 radical (unpaired) electrons. The third kappa shape index (κ3) is 3.58. The Labute approximate surface area is 144 Å². The number of hydrogen-bond donors (Lipinski definition) is 2. The monoisotopic (exact) mass is 347 g/mol. The molecule has 1 saturated heterocycles. The normalized spacial score (nSPS) is 15.3. The van der Waals surface area contributed by atoms with Crippen molar-refractivity contribution in [2.45, 2.75) is 39.3 Å². The molecular weight excluding hydrogens is 326 g/mol. The van der Waals surface area contributed by atoms with E-state index in [0.29, 0.717) is 30.3 Å². The molecule has 0 bridgehead atoms. The van der Waals surface area contributed by atoms with Crippen molar-refractivity contribution in [3.05, 3.63) is 40.6 Å². The number of aryl methyl sites for hydroxylation is 1. The molecule has 0 atom stereocenters. The highest BCUT2D eigenvalue weighted by molar-refractivity contribution is 5.95. The van der Waals surface area contributed by atoms with Gasteiger partial charge in [-0.05, 0) is 32.8 Å². The first-order valence-corrected chi connectivity index (χ1v) is 8.20. The van der Waals surface area contributed by atoms with Crippen molar-refractivity contribution in [1.82, 2.24) is 15.1 Å². The van der Waals surface area contributed by atoms with Crippen LogP contribution in [0.4, 0.5) is 0 Å². The van der Waals surface area contributed by atoms with Crippen LogP contribution < -0.4 is 5.32 Å². The second-order valence-electron chi connectivity index (χ2n) is 6.10. The van der Waals surface area contributed by atoms with Gasteiger partial charge in [0.2, 0.25) is 0 Å². The van der Waals surface area contributed by atoms with E-state index in [1.165, 1.54) is 6.07 Å². The van der Waals surface area contributed by atoms with Crippen LogP contribution in [0.5, 0.6) is 0 Å². The number of hydrogen-bond acceptors (Lipinski definition) is 5. The van der Waals surface area contributed by atoms with Gasteiger partial charge in [-0.1, -0.05) is 0 Å². The quantitative estimate of drug-likeness (QED) is 0.857. The number of carbonyl (C=O) groups is 2. The van der Waals surface area contributed by atoms with Crippen molar-refractivity contribution in [3.63, 3.8) is 0 Å². The number of carboxylic acids is 1. The summed E-state index contributed by atoms with van der Waals surface area (Å²) >= 11 is 0. The number of rotatable bonds is 5. The highest BCUT2D eigenvalue weighted by atomic mass is 16.5. The highest BCUT2D eigenvalue weighted by Gasteiger charge is 2.22. The fourth-order valence-corrected chi connectivity index (χ4v) is 3.05. The summed E-state index contributed by atoms with van der Waals surface area (Å²) in [5.41, 5.74) is 1.42. The Morgan fingerprint density at radius 2 is 2.04 bits per heavy atom. The lowest BCUT2D eigenvalue weighted by Gasteiger charge is -2.23. The largest absolute Gasteiger partial charge is 0.478 e. The van der Waals surface area contributed by atoms with E-state index in [9.17, 15) is 9.59 Å². The first-order valence-electron chi connectivity index (χ1n) is 8.20. The van der Waals surface area contributed by atoms with Crippen molar-refractivity contribution in [1.29, 1.82) is 0 Å². The van der Waals surface area contributed by atoms with Crippen LogP contribution >= 0.6 is 0 Å². The molecular formula is C17H21N3O5. The van der Waals surface area contributed by atoms with Crippen molar-refractivity contribution in [3.8, 4) is 0 Å². The number of amides is 1. The van der Waals surface area contributed by atoms with Gasteiger partial charge in [0.1, 0.15) is 17.1 Å². The van der Waals surface area contributed by atoms with E-state index in [1.54, 1.807) is 13.1 Å². The van der Waals surface area contributed by atoms with Crippen LogP contribution in [0.2, 0.25) is 0 Å². The summed E-state index contributed by atoms with van der Waals surface area (Å²) in [7, 11) is 0. The van der Waals surface area contributed by atoms with E-state index in [0.717, 1.165) is 18.5 Å². The van der Waals surface area contributed by atoms with E-state index in [4.69, 9.17) is 14.3 Å². The second-order valence-corrected chi connectivity index (χ2v) is 6.10. The number of aromatic nitrogens is 2. The van der Waals surface area contributed by atoms with Crippen molar-refractivity contribution >= 4 is 11.9 Å². The Kier molecular flexibility index (Phi) is 4.89. The molecule has 134 valence electrons. The maximum Gasteiger partial charge on any atom is 0.339 e. The van der Waals surface area contributed by atoms with Crippen LogP contribution in [0.3, 0.4) is 0 Å². The van der Waals surface area contributed by atoms with Crippen LogP contribution in [-0.2, 0) is 11.3 Å². The summed E-state index contributed by atoms with van der Waals surface area (Å²) in [6.07, 6.45) is 3.33. The predicted octanol–water partition coefficient (Wildman–Crippen LogP) is 2.07.